The molecule has 0 saturated carbocycles. The molecule has 1 aliphatic rings. The molecule has 108 valence electrons. The van der Waals surface area contributed by atoms with Gasteiger partial charge in [0.05, 0.1) is 4.34 Å². The van der Waals surface area contributed by atoms with Crippen molar-refractivity contribution in [3.05, 3.63) is 21.3 Å². The quantitative estimate of drug-likeness (QED) is 0.924. The fourth-order valence-electron chi connectivity index (χ4n) is 2.29. The molecule has 1 fully saturated rings. The van der Waals surface area contributed by atoms with Gasteiger partial charge in [-0.1, -0.05) is 11.6 Å². The molecule has 2 heterocycles. The summed E-state index contributed by atoms with van der Waals surface area (Å²) in [7, 11) is 1.99. The van der Waals surface area contributed by atoms with Crippen molar-refractivity contribution in [2.75, 3.05) is 20.1 Å². The lowest BCUT2D eigenvalue weighted by Gasteiger charge is -2.31. The number of carbonyl (C=O) groups excluding carboxylic acids is 1. The van der Waals surface area contributed by atoms with Crippen LogP contribution in [-0.2, 0) is 11.2 Å². The summed E-state index contributed by atoms with van der Waals surface area (Å²) in [4.78, 5) is 15.2. The van der Waals surface area contributed by atoms with Gasteiger partial charge in [0, 0.05) is 30.4 Å². The van der Waals surface area contributed by atoms with E-state index in [1.54, 1.807) is 11.3 Å². The van der Waals surface area contributed by atoms with Gasteiger partial charge >= 0.3 is 0 Å². The third-order valence-electron chi connectivity index (χ3n) is 3.47. The second-order valence-corrected chi connectivity index (χ2v) is 6.45. The predicted molar refractivity (Wildman–Crippen MR) is 83.6 cm³/mol. The molecule has 3 nitrogen and oxygen atoms in total. The number of amides is 1. The van der Waals surface area contributed by atoms with Crippen LogP contribution in [0.15, 0.2) is 12.1 Å². The van der Waals surface area contributed by atoms with Crippen molar-refractivity contribution in [3.63, 3.8) is 0 Å². The average Bonchev–Trinajstić information content (AvgIpc) is 2.82. The Labute approximate surface area is 129 Å². The molecule has 6 heteroatoms. The highest BCUT2D eigenvalue weighted by molar-refractivity contribution is 7.16. The van der Waals surface area contributed by atoms with E-state index in [0.29, 0.717) is 12.5 Å². The van der Waals surface area contributed by atoms with E-state index >= 15 is 0 Å². The van der Waals surface area contributed by atoms with Gasteiger partial charge in [-0.3, -0.25) is 4.79 Å². The first-order chi connectivity index (χ1) is 8.69. The van der Waals surface area contributed by atoms with Crippen LogP contribution >= 0.6 is 35.3 Å². The predicted octanol–water partition coefficient (Wildman–Crippen LogP) is 2.97. The number of aryl methyl sites for hydroxylation is 1. The fraction of sp³-hybridized carbons (Fsp3) is 0.615. The highest BCUT2D eigenvalue weighted by atomic mass is 35.5. The maximum absolute atomic E-state index is 12.1. The van der Waals surface area contributed by atoms with Gasteiger partial charge in [-0.25, -0.2) is 0 Å². The van der Waals surface area contributed by atoms with Crippen molar-refractivity contribution in [2.24, 2.45) is 0 Å². The molecular formula is C13H20Cl2N2OS. The zero-order valence-corrected chi connectivity index (χ0v) is 13.4. The van der Waals surface area contributed by atoms with Gasteiger partial charge in [-0.2, -0.15) is 0 Å². The molecule has 1 N–H and O–H groups in total. The van der Waals surface area contributed by atoms with E-state index in [9.17, 15) is 4.79 Å². The smallest absolute Gasteiger partial charge is 0.222 e. The van der Waals surface area contributed by atoms with Gasteiger partial charge in [-0.15, -0.1) is 23.7 Å². The molecule has 1 aliphatic heterocycles. The summed E-state index contributed by atoms with van der Waals surface area (Å²) in [6.07, 6.45) is 3.53. The molecule has 1 amide bonds. The number of hydrogen-bond donors (Lipinski definition) is 1. The first-order valence-electron chi connectivity index (χ1n) is 6.38. The summed E-state index contributed by atoms with van der Waals surface area (Å²) in [6.45, 7) is 1.77. The van der Waals surface area contributed by atoms with E-state index in [4.69, 9.17) is 11.6 Å². The first kappa shape index (κ1) is 16.8. The van der Waals surface area contributed by atoms with Crippen LogP contribution in [-0.4, -0.2) is 37.0 Å². The van der Waals surface area contributed by atoms with Gasteiger partial charge in [0.1, 0.15) is 0 Å². The first-order valence-corrected chi connectivity index (χ1v) is 7.57. The molecule has 0 aliphatic carbocycles. The summed E-state index contributed by atoms with van der Waals surface area (Å²) < 4.78 is 0.798. The van der Waals surface area contributed by atoms with Crippen molar-refractivity contribution in [2.45, 2.75) is 31.7 Å². The van der Waals surface area contributed by atoms with Crippen LogP contribution in [0.1, 0.15) is 24.1 Å². The molecule has 0 spiro atoms. The second kappa shape index (κ2) is 8.10. The summed E-state index contributed by atoms with van der Waals surface area (Å²) >= 11 is 7.44. The van der Waals surface area contributed by atoms with Crippen molar-refractivity contribution in [3.8, 4) is 0 Å². The Hall–Kier alpha value is -0.290. The highest BCUT2D eigenvalue weighted by Gasteiger charge is 2.21. The molecule has 0 unspecified atom stereocenters. The summed E-state index contributed by atoms with van der Waals surface area (Å²) in [5.41, 5.74) is 0. The molecule has 2 rings (SSSR count). The lowest BCUT2D eigenvalue weighted by Crippen LogP contribution is -2.44. The molecule has 19 heavy (non-hydrogen) atoms. The lowest BCUT2D eigenvalue weighted by molar-refractivity contribution is -0.132. The van der Waals surface area contributed by atoms with Crippen LogP contribution in [0.3, 0.4) is 0 Å². The molecule has 1 aromatic rings. The number of carbonyl (C=O) groups is 1. The standard InChI is InChI=1S/C13H19ClN2OS.ClH/c1-15-10-6-8-16(9-7-10)13(17)5-3-11-2-4-12(14)18-11;/h2,4,10,15H,3,5-9H2,1H3;1H. The third-order valence-corrected chi connectivity index (χ3v) is 4.76. The van der Waals surface area contributed by atoms with Crippen LogP contribution in [0.2, 0.25) is 4.34 Å². The third kappa shape index (κ3) is 4.95. The van der Waals surface area contributed by atoms with E-state index in [-0.39, 0.29) is 18.3 Å². The highest BCUT2D eigenvalue weighted by Crippen LogP contribution is 2.23. The normalized spacial score (nSPS) is 16.2. The number of nitrogens with one attached hydrogen (secondary N) is 1. The number of rotatable bonds is 4. The van der Waals surface area contributed by atoms with Crippen LogP contribution < -0.4 is 5.32 Å². The van der Waals surface area contributed by atoms with E-state index < -0.39 is 0 Å². The number of nitrogens with zero attached hydrogens (tertiary/aromatic N) is 1. The number of hydrogen-bond acceptors (Lipinski definition) is 3. The molecule has 0 aromatic carbocycles. The zero-order chi connectivity index (χ0) is 13.0. The average molecular weight is 323 g/mol. The Bertz CT molecular complexity index is 403. The van der Waals surface area contributed by atoms with Gasteiger partial charge in [0.2, 0.25) is 5.91 Å². The van der Waals surface area contributed by atoms with Crippen molar-refractivity contribution in [1.82, 2.24) is 10.2 Å². The molecule has 0 radical (unpaired) electrons. The van der Waals surface area contributed by atoms with Gasteiger partial charge in [0.15, 0.2) is 0 Å². The van der Waals surface area contributed by atoms with Crippen LogP contribution in [0, 0.1) is 0 Å². The number of piperidine rings is 1. The number of halogens is 2. The second-order valence-electron chi connectivity index (χ2n) is 4.65. The zero-order valence-electron chi connectivity index (χ0n) is 11.0. The monoisotopic (exact) mass is 322 g/mol. The molecule has 0 atom stereocenters. The Balaban J connectivity index is 0.00000180. The van der Waals surface area contributed by atoms with Crippen molar-refractivity contribution >= 4 is 41.3 Å². The molecular weight excluding hydrogens is 303 g/mol. The van der Waals surface area contributed by atoms with Crippen LogP contribution in [0.4, 0.5) is 0 Å². The van der Waals surface area contributed by atoms with Crippen LogP contribution in [0.25, 0.3) is 0 Å². The maximum Gasteiger partial charge on any atom is 0.222 e. The Kier molecular flexibility index (Phi) is 7.15. The topological polar surface area (TPSA) is 32.3 Å². The van der Waals surface area contributed by atoms with E-state index in [1.165, 1.54) is 4.88 Å². The molecule has 1 saturated heterocycles. The molecule has 0 bridgehead atoms. The summed E-state index contributed by atoms with van der Waals surface area (Å²) in [6, 6.07) is 4.47. The minimum atomic E-state index is 0. The molecule has 1 aromatic heterocycles. The van der Waals surface area contributed by atoms with E-state index in [2.05, 4.69) is 5.32 Å². The van der Waals surface area contributed by atoms with Crippen molar-refractivity contribution < 1.29 is 4.79 Å². The van der Waals surface area contributed by atoms with Crippen molar-refractivity contribution in [1.29, 1.82) is 0 Å². The maximum atomic E-state index is 12.1. The van der Waals surface area contributed by atoms with Gasteiger partial charge < -0.3 is 10.2 Å². The number of likely N-dealkylation sites (tertiary alicyclic amines) is 1. The largest absolute Gasteiger partial charge is 0.343 e. The summed E-state index contributed by atoms with van der Waals surface area (Å²) in [5.74, 6) is 0.272. The number of thiophene rings is 1. The SMILES string of the molecule is CNC1CCN(C(=O)CCc2ccc(Cl)s2)CC1.Cl. The van der Waals surface area contributed by atoms with Gasteiger partial charge in [0.25, 0.3) is 0 Å². The fourth-order valence-corrected chi connectivity index (χ4v) is 3.38. The minimum Gasteiger partial charge on any atom is -0.343 e. The Morgan fingerprint density at radius 2 is 2.16 bits per heavy atom. The van der Waals surface area contributed by atoms with Crippen LogP contribution in [0.5, 0.6) is 0 Å². The Morgan fingerprint density at radius 3 is 2.68 bits per heavy atom. The Morgan fingerprint density at radius 1 is 1.47 bits per heavy atom. The lowest BCUT2D eigenvalue weighted by atomic mass is 10.0. The minimum absolute atomic E-state index is 0. The summed E-state index contributed by atoms with van der Waals surface area (Å²) in [5, 5.41) is 3.27. The van der Waals surface area contributed by atoms with E-state index in [1.807, 2.05) is 24.1 Å². The van der Waals surface area contributed by atoms with Gasteiger partial charge in [-0.05, 0) is 38.4 Å². The van der Waals surface area contributed by atoms with E-state index in [0.717, 1.165) is 36.7 Å².